The molecule has 0 saturated carbocycles. The molecule has 6 heteroatoms. The van der Waals surface area contributed by atoms with Gasteiger partial charge in [0.05, 0.1) is 6.61 Å². The zero-order chi connectivity index (χ0) is 14.7. The average molecular weight is 293 g/mol. The van der Waals surface area contributed by atoms with Crippen LogP contribution in [0, 0.1) is 0 Å². The first-order valence-corrected chi connectivity index (χ1v) is 7.26. The maximum absolute atomic E-state index is 11.3. The van der Waals surface area contributed by atoms with E-state index in [0.717, 1.165) is 26.1 Å². The van der Waals surface area contributed by atoms with E-state index in [2.05, 4.69) is 4.90 Å². The van der Waals surface area contributed by atoms with Crippen LogP contribution >= 0.6 is 0 Å². The summed E-state index contributed by atoms with van der Waals surface area (Å²) < 4.78 is 16.1. The van der Waals surface area contributed by atoms with Crippen molar-refractivity contribution in [3.8, 4) is 17.2 Å². The SMILES string of the molecule is O=C(O)c1cc2c(cc1OCCCN1CCCC1)OCO2. The van der Waals surface area contributed by atoms with E-state index in [1.807, 2.05) is 0 Å². The van der Waals surface area contributed by atoms with Crippen molar-refractivity contribution in [2.24, 2.45) is 0 Å². The zero-order valence-electron chi connectivity index (χ0n) is 11.8. The van der Waals surface area contributed by atoms with Gasteiger partial charge in [-0.15, -0.1) is 0 Å². The Bertz CT molecular complexity index is 525. The van der Waals surface area contributed by atoms with Crippen LogP contribution in [-0.4, -0.2) is 49.0 Å². The summed E-state index contributed by atoms with van der Waals surface area (Å²) in [6.07, 6.45) is 3.42. The topological polar surface area (TPSA) is 68.2 Å². The number of hydrogen-bond acceptors (Lipinski definition) is 5. The second-order valence-electron chi connectivity index (χ2n) is 5.26. The Kier molecular flexibility index (Phi) is 4.15. The molecule has 1 saturated heterocycles. The number of hydrogen-bond donors (Lipinski definition) is 1. The maximum atomic E-state index is 11.3. The Morgan fingerprint density at radius 2 is 1.95 bits per heavy atom. The average Bonchev–Trinajstić information content (AvgIpc) is 3.13. The third-order valence-electron chi connectivity index (χ3n) is 3.78. The van der Waals surface area contributed by atoms with E-state index >= 15 is 0 Å². The summed E-state index contributed by atoms with van der Waals surface area (Å²) in [5, 5.41) is 9.24. The van der Waals surface area contributed by atoms with Gasteiger partial charge in [-0.2, -0.15) is 0 Å². The van der Waals surface area contributed by atoms with E-state index in [1.54, 1.807) is 6.07 Å². The highest BCUT2D eigenvalue weighted by atomic mass is 16.7. The molecule has 1 aromatic carbocycles. The highest BCUT2D eigenvalue weighted by Gasteiger charge is 2.21. The monoisotopic (exact) mass is 293 g/mol. The Labute approximate surface area is 123 Å². The van der Waals surface area contributed by atoms with Gasteiger partial charge in [0.15, 0.2) is 11.5 Å². The van der Waals surface area contributed by atoms with E-state index < -0.39 is 5.97 Å². The number of nitrogens with zero attached hydrogens (tertiary/aromatic N) is 1. The molecule has 3 rings (SSSR count). The molecule has 21 heavy (non-hydrogen) atoms. The molecule has 0 atom stereocenters. The summed E-state index contributed by atoms with van der Waals surface area (Å²) in [4.78, 5) is 13.7. The zero-order valence-corrected chi connectivity index (χ0v) is 11.8. The first kappa shape index (κ1) is 14.0. The summed E-state index contributed by atoms with van der Waals surface area (Å²) in [6.45, 7) is 3.92. The van der Waals surface area contributed by atoms with E-state index in [4.69, 9.17) is 14.2 Å². The van der Waals surface area contributed by atoms with E-state index in [-0.39, 0.29) is 12.4 Å². The van der Waals surface area contributed by atoms with Gasteiger partial charge in [-0.05, 0) is 32.4 Å². The minimum absolute atomic E-state index is 0.112. The van der Waals surface area contributed by atoms with Gasteiger partial charge in [0.1, 0.15) is 11.3 Å². The second kappa shape index (κ2) is 6.22. The molecule has 6 nitrogen and oxygen atoms in total. The van der Waals surface area contributed by atoms with Gasteiger partial charge in [0, 0.05) is 18.7 Å². The molecule has 1 aromatic rings. The van der Waals surface area contributed by atoms with Gasteiger partial charge in [-0.1, -0.05) is 0 Å². The van der Waals surface area contributed by atoms with Crippen LogP contribution in [0.5, 0.6) is 17.2 Å². The third-order valence-corrected chi connectivity index (χ3v) is 3.78. The second-order valence-corrected chi connectivity index (χ2v) is 5.26. The molecule has 0 spiro atoms. The molecule has 114 valence electrons. The molecule has 1 fully saturated rings. The van der Waals surface area contributed by atoms with Gasteiger partial charge in [-0.3, -0.25) is 0 Å². The Morgan fingerprint density at radius 1 is 1.24 bits per heavy atom. The minimum atomic E-state index is -1.03. The summed E-state index contributed by atoms with van der Waals surface area (Å²) in [6, 6.07) is 3.06. The van der Waals surface area contributed by atoms with Gasteiger partial charge in [0.2, 0.25) is 6.79 Å². The molecule has 2 aliphatic heterocycles. The summed E-state index contributed by atoms with van der Waals surface area (Å²) in [5.74, 6) is 0.308. The number of ether oxygens (including phenoxy) is 3. The van der Waals surface area contributed by atoms with Gasteiger partial charge < -0.3 is 24.2 Å². The highest BCUT2D eigenvalue weighted by molar-refractivity contribution is 5.92. The lowest BCUT2D eigenvalue weighted by Gasteiger charge is -2.15. The Morgan fingerprint density at radius 3 is 2.67 bits per heavy atom. The van der Waals surface area contributed by atoms with Gasteiger partial charge in [-0.25, -0.2) is 4.79 Å². The number of carbonyl (C=O) groups is 1. The standard InChI is InChI=1S/C15H19NO5/c17-15(18)11-8-13-14(21-10-20-13)9-12(11)19-7-3-6-16-4-1-2-5-16/h8-9H,1-7,10H2,(H,17,18). The van der Waals surface area contributed by atoms with Crippen LogP contribution in [-0.2, 0) is 0 Å². The lowest BCUT2D eigenvalue weighted by Crippen LogP contribution is -2.22. The fraction of sp³-hybridized carbons (Fsp3) is 0.533. The van der Waals surface area contributed by atoms with Crippen LogP contribution in [0.2, 0.25) is 0 Å². The lowest BCUT2D eigenvalue weighted by atomic mass is 10.2. The first-order valence-electron chi connectivity index (χ1n) is 7.26. The summed E-state index contributed by atoms with van der Waals surface area (Å²) in [5.41, 5.74) is 0.112. The molecule has 2 heterocycles. The van der Waals surface area contributed by atoms with Crippen LogP contribution in [0.1, 0.15) is 29.6 Å². The molecule has 0 amide bonds. The number of benzene rings is 1. The van der Waals surface area contributed by atoms with Crippen LogP contribution in [0.3, 0.4) is 0 Å². The number of carboxylic acids is 1. The van der Waals surface area contributed by atoms with Crippen LogP contribution in [0.4, 0.5) is 0 Å². The minimum Gasteiger partial charge on any atom is -0.492 e. The molecule has 2 aliphatic rings. The van der Waals surface area contributed by atoms with Crippen molar-refractivity contribution in [3.05, 3.63) is 17.7 Å². The molecule has 0 aromatic heterocycles. The third kappa shape index (κ3) is 3.21. The number of fused-ring (bicyclic) bond motifs is 1. The predicted octanol–water partition coefficient (Wildman–Crippen LogP) is 1.98. The summed E-state index contributed by atoms with van der Waals surface area (Å²) in [7, 11) is 0. The predicted molar refractivity (Wildman–Crippen MR) is 75.3 cm³/mol. The maximum Gasteiger partial charge on any atom is 0.339 e. The molecule has 0 bridgehead atoms. The van der Waals surface area contributed by atoms with Gasteiger partial charge in [0.25, 0.3) is 0 Å². The molecule has 0 aliphatic carbocycles. The fourth-order valence-electron chi connectivity index (χ4n) is 2.69. The molecule has 0 radical (unpaired) electrons. The number of likely N-dealkylation sites (tertiary alicyclic amines) is 1. The van der Waals surface area contributed by atoms with Crippen LogP contribution < -0.4 is 14.2 Å². The largest absolute Gasteiger partial charge is 0.492 e. The Hall–Kier alpha value is -1.95. The van der Waals surface area contributed by atoms with Crippen LogP contribution in [0.15, 0.2) is 12.1 Å². The summed E-state index contributed by atoms with van der Waals surface area (Å²) >= 11 is 0. The van der Waals surface area contributed by atoms with Crippen LogP contribution in [0.25, 0.3) is 0 Å². The lowest BCUT2D eigenvalue weighted by molar-refractivity contribution is 0.0691. The number of aromatic carboxylic acids is 1. The van der Waals surface area contributed by atoms with Crippen molar-refractivity contribution in [3.63, 3.8) is 0 Å². The van der Waals surface area contributed by atoms with Crippen molar-refractivity contribution >= 4 is 5.97 Å². The van der Waals surface area contributed by atoms with E-state index in [0.29, 0.717) is 23.9 Å². The fourth-order valence-corrected chi connectivity index (χ4v) is 2.69. The van der Waals surface area contributed by atoms with Crippen molar-refractivity contribution in [2.75, 3.05) is 33.0 Å². The molecule has 0 unspecified atom stereocenters. The quantitative estimate of drug-likeness (QED) is 0.809. The molecular formula is C15H19NO5. The highest BCUT2D eigenvalue weighted by Crippen LogP contribution is 2.38. The number of carboxylic acid groups (broad SMARTS) is 1. The smallest absolute Gasteiger partial charge is 0.339 e. The van der Waals surface area contributed by atoms with E-state index in [1.165, 1.54) is 18.9 Å². The molecular weight excluding hydrogens is 274 g/mol. The normalized spacial score (nSPS) is 17.1. The van der Waals surface area contributed by atoms with Crippen molar-refractivity contribution in [1.82, 2.24) is 4.90 Å². The first-order chi connectivity index (χ1) is 10.2. The Balaban J connectivity index is 1.59. The van der Waals surface area contributed by atoms with Gasteiger partial charge >= 0.3 is 5.97 Å². The van der Waals surface area contributed by atoms with Crippen molar-refractivity contribution in [1.29, 1.82) is 0 Å². The molecule has 1 N–H and O–H groups in total. The number of rotatable bonds is 6. The van der Waals surface area contributed by atoms with E-state index in [9.17, 15) is 9.90 Å². The van der Waals surface area contributed by atoms with Crippen molar-refractivity contribution < 1.29 is 24.1 Å². The van der Waals surface area contributed by atoms with Crippen molar-refractivity contribution in [2.45, 2.75) is 19.3 Å².